The molecule has 0 saturated heterocycles. The maximum absolute atomic E-state index is 9.21. The SMILES string of the molecule is CC(C)c1noc(-c2ccccc2CO)n1. The molecule has 16 heavy (non-hydrogen) atoms. The van der Waals surface area contributed by atoms with Gasteiger partial charge in [0.2, 0.25) is 0 Å². The summed E-state index contributed by atoms with van der Waals surface area (Å²) in [5.74, 6) is 1.38. The van der Waals surface area contributed by atoms with Gasteiger partial charge in [0.05, 0.1) is 6.61 Å². The van der Waals surface area contributed by atoms with Crippen LogP contribution < -0.4 is 0 Å². The van der Waals surface area contributed by atoms with Crippen molar-refractivity contribution in [1.82, 2.24) is 10.1 Å². The lowest BCUT2D eigenvalue weighted by molar-refractivity contribution is 0.282. The first-order chi connectivity index (χ1) is 7.72. The molecule has 0 unspecified atom stereocenters. The number of hydrogen-bond acceptors (Lipinski definition) is 4. The standard InChI is InChI=1S/C12H14N2O2/c1-8(2)11-13-12(16-14-11)10-6-4-3-5-9(10)7-15/h3-6,8,15H,7H2,1-2H3. The molecule has 2 rings (SSSR count). The lowest BCUT2D eigenvalue weighted by Gasteiger charge is -2.01. The number of rotatable bonds is 3. The first-order valence-electron chi connectivity index (χ1n) is 5.25. The van der Waals surface area contributed by atoms with E-state index in [1.165, 1.54) is 0 Å². The van der Waals surface area contributed by atoms with Crippen LogP contribution in [-0.2, 0) is 6.61 Å². The van der Waals surface area contributed by atoms with E-state index in [-0.39, 0.29) is 12.5 Å². The van der Waals surface area contributed by atoms with E-state index in [9.17, 15) is 5.11 Å². The van der Waals surface area contributed by atoms with Crippen LogP contribution in [0.1, 0.15) is 31.2 Å². The van der Waals surface area contributed by atoms with Crippen LogP contribution in [0.5, 0.6) is 0 Å². The quantitative estimate of drug-likeness (QED) is 0.859. The van der Waals surface area contributed by atoms with Gasteiger partial charge >= 0.3 is 0 Å². The van der Waals surface area contributed by atoms with E-state index in [1.54, 1.807) is 0 Å². The van der Waals surface area contributed by atoms with Gasteiger partial charge in [0.25, 0.3) is 5.89 Å². The molecule has 0 aliphatic carbocycles. The zero-order valence-corrected chi connectivity index (χ0v) is 9.34. The van der Waals surface area contributed by atoms with Crippen LogP contribution in [-0.4, -0.2) is 15.2 Å². The summed E-state index contributed by atoms with van der Waals surface area (Å²) in [6, 6.07) is 7.46. The maximum Gasteiger partial charge on any atom is 0.258 e. The fourth-order valence-corrected chi connectivity index (χ4v) is 1.45. The minimum atomic E-state index is -0.0322. The Balaban J connectivity index is 2.42. The first kappa shape index (κ1) is 10.8. The van der Waals surface area contributed by atoms with Crippen LogP contribution in [0.4, 0.5) is 0 Å². The molecule has 0 saturated carbocycles. The fraction of sp³-hybridized carbons (Fsp3) is 0.333. The smallest absolute Gasteiger partial charge is 0.258 e. The van der Waals surface area contributed by atoms with Crippen molar-refractivity contribution in [3.05, 3.63) is 35.7 Å². The molecule has 0 atom stereocenters. The van der Waals surface area contributed by atoms with Crippen molar-refractivity contribution in [2.75, 3.05) is 0 Å². The van der Waals surface area contributed by atoms with Gasteiger partial charge in [0.15, 0.2) is 5.82 Å². The normalized spacial score (nSPS) is 11.0. The molecule has 0 fully saturated rings. The van der Waals surface area contributed by atoms with E-state index in [0.717, 1.165) is 11.1 Å². The minimum Gasteiger partial charge on any atom is -0.392 e. The molecule has 2 aromatic rings. The molecule has 0 aliphatic heterocycles. The van der Waals surface area contributed by atoms with E-state index >= 15 is 0 Å². The third-order valence-electron chi connectivity index (χ3n) is 2.38. The highest BCUT2D eigenvalue weighted by Crippen LogP contribution is 2.23. The highest BCUT2D eigenvalue weighted by atomic mass is 16.5. The monoisotopic (exact) mass is 218 g/mol. The first-order valence-corrected chi connectivity index (χ1v) is 5.25. The van der Waals surface area contributed by atoms with Gasteiger partial charge in [-0.15, -0.1) is 0 Å². The minimum absolute atomic E-state index is 0.0322. The average molecular weight is 218 g/mol. The summed E-state index contributed by atoms with van der Waals surface area (Å²) in [6.45, 7) is 3.98. The van der Waals surface area contributed by atoms with Crippen molar-refractivity contribution in [1.29, 1.82) is 0 Å². The number of aliphatic hydroxyl groups excluding tert-OH is 1. The van der Waals surface area contributed by atoms with Crippen molar-refractivity contribution in [3.63, 3.8) is 0 Å². The Morgan fingerprint density at radius 1 is 1.31 bits per heavy atom. The Morgan fingerprint density at radius 2 is 2.06 bits per heavy atom. The molecule has 4 heteroatoms. The van der Waals surface area contributed by atoms with Crippen LogP contribution in [0.25, 0.3) is 11.5 Å². The van der Waals surface area contributed by atoms with Crippen molar-refractivity contribution >= 4 is 0 Å². The predicted octanol–water partition coefficient (Wildman–Crippen LogP) is 2.35. The fourth-order valence-electron chi connectivity index (χ4n) is 1.45. The molecule has 0 amide bonds. The van der Waals surface area contributed by atoms with Crippen LogP contribution in [0, 0.1) is 0 Å². The number of nitrogens with zero attached hydrogens (tertiary/aromatic N) is 2. The Labute approximate surface area is 93.9 Å². The molecule has 0 bridgehead atoms. The van der Waals surface area contributed by atoms with Crippen molar-refractivity contribution in [3.8, 4) is 11.5 Å². The Kier molecular flexibility index (Phi) is 3.01. The largest absolute Gasteiger partial charge is 0.392 e. The van der Waals surface area contributed by atoms with Gasteiger partial charge in [0.1, 0.15) is 0 Å². The van der Waals surface area contributed by atoms with Crippen LogP contribution >= 0.6 is 0 Å². The zero-order chi connectivity index (χ0) is 11.5. The van der Waals surface area contributed by atoms with Gasteiger partial charge < -0.3 is 9.63 Å². The van der Waals surface area contributed by atoms with Gasteiger partial charge in [-0.05, 0) is 11.6 Å². The molecule has 1 aromatic carbocycles. The molecular formula is C12H14N2O2. The van der Waals surface area contributed by atoms with Gasteiger partial charge in [0, 0.05) is 11.5 Å². The van der Waals surface area contributed by atoms with E-state index in [2.05, 4.69) is 10.1 Å². The molecule has 4 nitrogen and oxygen atoms in total. The lowest BCUT2D eigenvalue weighted by Crippen LogP contribution is -1.91. The predicted molar refractivity (Wildman–Crippen MR) is 59.7 cm³/mol. The van der Waals surface area contributed by atoms with Crippen molar-refractivity contribution < 1.29 is 9.63 Å². The Hall–Kier alpha value is -1.68. The summed E-state index contributed by atoms with van der Waals surface area (Å²) in [6.07, 6.45) is 0. The second kappa shape index (κ2) is 4.45. The van der Waals surface area contributed by atoms with Gasteiger partial charge in [-0.2, -0.15) is 4.98 Å². The molecule has 0 spiro atoms. The summed E-state index contributed by atoms with van der Waals surface area (Å²) in [5.41, 5.74) is 1.59. The molecular weight excluding hydrogens is 204 g/mol. The van der Waals surface area contributed by atoms with Gasteiger partial charge in [-0.25, -0.2) is 0 Å². The molecule has 0 aliphatic rings. The van der Waals surface area contributed by atoms with Crippen LogP contribution in [0.2, 0.25) is 0 Å². The van der Waals surface area contributed by atoms with E-state index < -0.39 is 0 Å². The second-order valence-corrected chi connectivity index (χ2v) is 3.93. The topological polar surface area (TPSA) is 59.2 Å². The summed E-state index contributed by atoms with van der Waals surface area (Å²) in [7, 11) is 0. The highest BCUT2D eigenvalue weighted by Gasteiger charge is 2.13. The van der Waals surface area contributed by atoms with Crippen LogP contribution in [0.15, 0.2) is 28.8 Å². The van der Waals surface area contributed by atoms with Crippen molar-refractivity contribution in [2.24, 2.45) is 0 Å². The third kappa shape index (κ3) is 1.97. The summed E-state index contributed by atoms with van der Waals surface area (Å²) < 4.78 is 5.18. The molecule has 0 radical (unpaired) electrons. The Bertz CT molecular complexity index is 477. The van der Waals surface area contributed by atoms with Crippen LogP contribution in [0.3, 0.4) is 0 Å². The lowest BCUT2D eigenvalue weighted by atomic mass is 10.1. The average Bonchev–Trinajstić information content (AvgIpc) is 2.78. The zero-order valence-electron chi connectivity index (χ0n) is 9.34. The summed E-state index contributed by atoms with van der Waals surface area (Å²) >= 11 is 0. The molecule has 1 heterocycles. The molecule has 1 N–H and O–H groups in total. The number of hydrogen-bond donors (Lipinski definition) is 1. The van der Waals surface area contributed by atoms with Crippen molar-refractivity contribution in [2.45, 2.75) is 26.4 Å². The number of aliphatic hydroxyl groups is 1. The maximum atomic E-state index is 9.21. The number of aromatic nitrogens is 2. The highest BCUT2D eigenvalue weighted by molar-refractivity contribution is 5.58. The van der Waals surface area contributed by atoms with Gasteiger partial charge in [-0.3, -0.25) is 0 Å². The van der Waals surface area contributed by atoms with Gasteiger partial charge in [-0.1, -0.05) is 37.2 Å². The summed E-state index contributed by atoms with van der Waals surface area (Å²) in [4.78, 5) is 4.30. The van der Waals surface area contributed by atoms with E-state index in [4.69, 9.17) is 4.52 Å². The second-order valence-electron chi connectivity index (χ2n) is 3.93. The summed E-state index contributed by atoms with van der Waals surface area (Å²) in [5, 5.41) is 13.1. The third-order valence-corrected chi connectivity index (χ3v) is 2.38. The Morgan fingerprint density at radius 3 is 2.69 bits per heavy atom. The molecule has 84 valence electrons. The number of benzene rings is 1. The van der Waals surface area contributed by atoms with E-state index in [0.29, 0.717) is 11.7 Å². The molecule has 1 aromatic heterocycles. The van der Waals surface area contributed by atoms with E-state index in [1.807, 2.05) is 38.1 Å².